The Labute approximate surface area is 187 Å². The van der Waals surface area contributed by atoms with Crippen LogP contribution in [-0.2, 0) is 6.61 Å². The molecule has 32 heavy (non-hydrogen) atoms. The number of rotatable bonds is 4. The summed E-state index contributed by atoms with van der Waals surface area (Å²) in [4.78, 5) is 18.2. The number of ether oxygens (including phenoxy) is 1. The third kappa shape index (κ3) is 3.24. The molecule has 6 rings (SSSR count). The number of fused-ring (bicyclic) bond motifs is 4. The Kier molecular flexibility index (Phi) is 4.47. The number of imidazole rings is 1. The minimum absolute atomic E-state index is 0.0324. The van der Waals surface area contributed by atoms with Gasteiger partial charge in [-0.15, -0.1) is 0 Å². The van der Waals surface area contributed by atoms with Crippen LogP contribution >= 0.6 is 11.3 Å². The number of nitrogens with zero attached hydrogens (tertiary/aromatic N) is 2. The number of thiazole rings is 1. The summed E-state index contributed by atoms with van der Waals surface area (Å²) >= 11 is 1.41. The summed E-state index contributed by atoms with van der Waals surface area (Å²) in [7, 11) is 0. The Morgan fingerprint density at radius 1 is 0.875 bits per heavy atom. The molecule has 4 aromatic carbocycles. The van der Waals surface area contributed by atoms with E-state index in [2.05, 4.69) is 35.3 Å². The van der Waals surface area contributed by atoms with Crippen LogP contribution < -0.4 is 14.8 Å². The molecule has 4 nitrogen and oxygen atoms in total. The lowest BCUT2D eigenvalue weighted by atomic mass is 10.1. The van der Waals surface area contributed by atoms with Gasteiger partial charge in [0.15, 0.2) is 4.96 Å². The van der Waals surface area contributed by atoms with Crippen molar-refractivity contribution in [3.05, 3.63) is 117 Å². The summed E-state index contributed by atoms with van der Waals surface area (Å²) < 4.78 is 8.38. The predicted molar refractivity (Wildman–Crippen MR) is 130 cm³/mol. The topological polar surface area (TPSA) is 43.6 Å². The molecule has 0 fully saturated rings. The second-order valence-electron chi connectivity index (χ2n) is 7.63. The molecule has 0 amide bonds. The molecule has 2 aromatic heterocycles. The first-order valence-corrected chi connectivity index (χ1v) is 11.2. The molecule has 2 heterocycles. The highest BCUT2D eigenvalue weighted by Crippen LogP contribution is 2.21. The number of para-hydroxylation sites is 2. The van der Waals surface area contributed by atoms with Gasteiger partial charge in [-0.2, -0.15) is 0 Å². The third-order valence-corrected chi connectivity index (χ3v) is 6.57. The van der Waals surface area contributed by atoms with Crippen LogP contribution in [0.15, 0.2) is 95.8 Å². The van der Waals surface area contributed by atoms with Crippen molar-refractivity contribution < 1.29 is 4.74 Å². The van der Waals surface area contributed by atoms with E-state index >= 15 is 0 Å². The van der Waals surface area contributed by atoms with E-state index in [4.69, 9.17) is 4.74 Å². The Balaban J connectivity index is 1.26. The Bertz CT molecular complexity index is 1690. The molecule has 0 N–H and O–H groups in total. The minimum atomic E-state index is -0.0324. The molecule has 0 atom stereocenters. The first-order valence-electron chi connectivity index (χ1n) is 10.4. The van der Waals surface area contributed by atoms with Crippen LogP contribution in [0.3, 0.4) is 0 Å². The van der Waals surface area contributed by atoms with Gasteiger partial charge in [0.2, 0.25) is 0 Å². The Morgan fingerprint density at radius 3 is 2.56 bits per heavy atom. The molecule has 0 spiro atoms. The van der Waals surface area contributed by atoms with Crippen LogP contribution in [0.25, 0.3) is 32.8 Å². The molecule has 0 aliphatic heterocycles. The Morgan fingerprint density at radius 2 is 1.66 bits per heavy atom. The van der Waals surface area contributed by atoms with Gasteiger partial charge in [0.25, 0.3) is 5.56 Å². The van der Waals surface area contributed by atoms with Crippen molar-refractivity contribution in [3.8, 4) is 5.75 Å². The van der Waals surface area contributed by atoms with Gasteiger partial charge in [-0.1, -0.05) is 78.1 Å². The molecular formula is C27H18N2O2S. The number of hydrogen-bond acceptors (Lipinski definition) is 4. The molecular weight excluding hydrogens is 416 g/mol. The van der Waals surface area contributed by atoms with E-state index in [9.17, 15) is 4.79 Å². The number of benzene rings is 4. The zero-order valence-electron chi connectivity index (χ0n) is 17.1. The summed E-state index contributed by atoms with van der Waals surface area (Å²) in [6, 6.07) is 30.1. The highest BCUT2D eigenvalue weighted by Gasteiger charge is 2.10. The molecule has 154 valence electrons. The van der Waals surface area contributed by atoms with E-state index < -0.39 is 0 Å². The maximum atomic E-state index is 12.9. The average Bonchev–Trinajstić information content (AvgIpc) is 3.34. The van der Waals surface area contributed by atoms with Crippen LogP contribution in [0.4, 0.5) is 0 Å². The molecule has 0 bridgehead atoms. The van der Waals surface area contributed by atoms with Gasteiger partial charge in [-0.25, -0.2) is 9.38 Å². The first-order chi connectivity index (χ1) is 15.8. The summed E-state index contributed by atoms with van der Waals surface area (Å²) in [6.45, 7) is 0.504. The lowest BCUT2D eigenvalue weighted by Crippen LogP contribution is -2.22. The standard InChI is InChI=1S/C27H18N2O2S/c30-26-25(32-27-28-23-10-3-4-11-24(23)29(26)27)16-18-12-14-21(15-13-18)31-17-20-8-5-7-19-6-1-2-9-22(19)20/h1-16H,17H2/b25-16-. The normalized spacial score (nSPS) is 12.2. The first kappa shape index (κ1) is 18.8. The Hall–Kier alpha value is -3.96. The van der Waals surface area contributed by atoms with Gasteiger partial charge in [0, 0.05) is 0 Å². The van der Waals surface area contributed by atoms with Crippen molar-refractivity contribution in [2.75, 3.05) is 0 Å². The van der Waals surface area contributed by atoms with Gasteiger partial charge >= 0.3 is 0 Å². The summed E-state index contributed by atoms with van der Waals surface area (Å²) in [5.41, 5.74) is 3.77. The summed E-state index contributed by atoms with van der Waals surface area (Å²) in [6.07, 6.45) is 1.91. The van der Waals surface area contributed by atoms with Crippen LogP contribution in [0, 0.1) is 0 Å². The lowest BCUT2D eigenvalue weighted by Gasteiger charge is -2.09. The number of hydrogen-bond donors (Lipinski definition) is 0. The highest BCUT2D eigenvalue weighted by atomic mass is 32.1. The van der Waals surface area contributed by atoms with Crippen molar-refractivity contribution >= 4 is 44.2 Å². The fraction of sp³-hybridized carbons (Fsp3) is 0.0370. The summed E-state index contributed by atoms with van der Waals surface area (Å²) in [5.74, 6) is 0.796. The van der Waals surface area contributed by atoms with Gasteiger partial charge in [0.05, 0.1) is 15.6 Å². The van der Waals surface area contributed by atoms with Crippen LogP contribution in [0.5, 0.6) is 5.75 Å². The van der Waals surface area contributed by atoms with E-state index in [0.29, 0.717) is 11.1 Å². The predicted octanol–water partition coefficient (Wildman–Crippen LogP) is 5.19. The highest BCUT2D eigenvalue weighted by molar-refractivity contribution is 7.15. The minimum Gasteiger partial charge on any atom is -0.489 e. The van der Waals surface area contributed by atoms with E-state index in [1.54, 1.807) is 4.40 Å². The van der Waals surface area contributed by atoms with Crippen molar-refractivity contribution in [2.24, 2.45) is 0 Å². The zero-order chi connectivity index (χ0) is 21.5. The van der Waals surface area contributed by atoms with Gasteiger partial charge in [-0.3, -0.25) is 4.79 Å². The molecule has 0 saturated heterocycles. The van der Waals surface area contributed by atoms with E-state index in [0.717, 1.165) is 32.9 Å². The fourth-order valence-corrected chi connectivity index (χ4v) is 4.99. The van der Waals surface area contributed by atoms with Crippen LogP contribution in [0.1, 0.15) is 11.1 Å². The van der Waals surface area contributed by atoms with Crippen molar-refractivity contribution in [3.63, 3.8) is 0 Å². The monoisotopic (exact) mass is 434 g/mol. The molecule has 6 aromatic rings. The smallest absolute Gasteiger partial charge is 0.274 e. The molecule has 0 saturated carbocycles. The second kappa shape index (κ2) is 7.62. The maximum absolute atomic E-state index is 12.9. The van der Waals surface area contributed by atoms with E-state index in [1.165, 1.54) is 22.1 Å². The SMILES string of the molecule is O=c1/c(=C/c2ccc(OCc3cccc4ccccc34)cc2)sc2nc3ccccc3n12. The quantitative estimate of drug-likeness (QED) is 0.384. The van der Waals surface area contributed by atoms with Crippen LogP contribution in [0.2, 0.25) is 0 Å². The number of aromatic nitrogens is 2. The van der Waals surface area contributed by atoms with Gasteiger partial charge in [-0.05, 0) is 52.2 Å². The van der Waals surface area contributed by atoms with E-state index in [-0.39, 0.29) is 5.56 Å². The largest absolute Gasteiger partial charge is 0.489 e. The van der Waals surface area contributed by atoms with Gasteiger partial charge in [0.1, 0.15) is 12.4 Å². The second-order valence-corrected chi connectivity index (χ2v) is 8.64. The molecule has 5 heteroatoms. The van der Waals surface area contributed by atoms with Crippen molar-refractivity contribution in [2.45, 2.75) is 6.61 Å². The van der Waals surface area contributed by atoms with Gasteiger partial charge < -0.3 is 4.74 Å². The third-order valence-electron chi connectivity index (χ3n) is 5.60. The van der Waals surface area contributed by atoms with E-state index in [1.807, 2.05) is 66.7 Å². The summed E-state index contributed by atoms with van der Waals surface area (Å²) in [5, 5.41) is 2.42. The molecule has 0 aliphatic rings. The lowest BCUT2D eigenvalue weighted by molar-refractivity contribution is 0.307. The van der Waals surface area contributed by atoms with Crippen molar-refractivity contribution in [1.82, 2.24) is 9.38 Å². The van der Waals surface area contributed by atoms with Crippen LogP contribution in [-0.4, -0.2) is 9.38 Å². The average molecular weight is 435 g/mol. The molecule has 0 unspecified atom stereocenters. The zero-order valence-corrected chi connectivity index (χ0v) is 17.9. The fourth-order valence-electron chi connectivity index (χ4n) is 4.00. The molecule has 0 aliphatic carbocycles. The maximum Gasteiger partial charge on any atom is 0.274 e. The van der Waals surface area contributed by atoms with Crippen molar-refractivity contribution in [1.29, 1.82) is 0 Å². The molecule has 0 radical (unpaired) electrons.